The molecule has 1 saturated heterocycles. The standard InChI is InChI=1S/C15H15N3O7S2/c19-7-10-12(21)13(14(25-10)17-6-5-11(20)16-15(17)22)27-26-9-3-1-8(2-4-9)18(23)24/h1-6,10,12-14,19,21H,7H2,(H,16,20,22)/t10-,12-,13?,14-/m1/s1. The van der Waals surface area contributed by atoms with E-state index in [-0.39, 0.29) is 5.69 Å². The van der Waals surface area contributed by atoms with Crippen molar-refractivity contribution in [3.8, 4) is 0 Å². The van der Waals surface area contributed by atoms with E-state index in [2.05, 4.69) is 4.98 Å². The molecule has 1 aromatic heterocycles. The Morgan fingerprint density at radius 1 is 1.26 bits per heavy atom. The first kappa shape index (κ1) is 19.6. The first-order valence-electron chi connectivity index (χ1n) is 7.74. The van der Waals surface area contributed by atoms with E-state index in [4.69, 9.17) is 4.74 Å². The van der Waals surface area contributed by atoms with E-state index in [0.29, 0.717) is 4.90 Å². The number of ether oxygens (including phenoxy) is 1. The molecule has 0 spiro atoms. The van der Waals surface area contributed by atoms with Gasteiger partial charge < -0.3 is 14.9 Å². The van der Waals surface area contributed by atoms with Gasteiger partial charge in [0, 0.05) is 29.3 Å². The normalized spacial score (nSPS) is 24.8. The van der Waals surface area contributed by atoms with Crippen molar-refractivity contribution in [3.63, 3.8) is 0 Å². The minimum absolute atomic E-state index is 0.0356. The number of aliphatic hydroxyl groups excluding tert-OH is 2. The van der Waals surface area contributed by atoms with E-state index < -0.39 is 46.5 Å². The van der Waals surface area contributed by atoms with Crippen molar-refractivity contribution in [1.82, 2.24) is 9.55 Å². The Bertz CT molecular complexity index is 930. The van der Waals surface area contributed by atoms with E-state index in [9.17, 15) is 29.9 Å². The molecular weight excluding hydrogens is 398 g/mol. The van der Waals surface area contributed by atoms with Crippen LogP contribution in [0.2, 0.25) is 0 Å². The number of rotatable bonds is 6. The molecule has 3 N–H and O–H groups in total. The summed E-state index contributed by atoms with van der Waals surface area (Å²) >= 11 is 0. The number of hydrogen-bond donors (Lipinski definition) is 3. The summed E-state index contributed by atoms with van der Waals surface area (Å²) in [4.78, 5) is 36.3. The smallest absolute Gasteiger partial charge is 0.330 e. The fourth-order valence-electron chi connectivity index (χ4n) is 2.56. The Hall–Kier alpha value is -2.12. The molecule has 1 aliphatic rings. The number of non-ortho nitro benzene ring substituents is 1. The lowest BCUT2D eigenvalue weighted by Gasteiger charge is -2.20. The predicted octanol–water partition coefficient (Wildman–Crippen LogP) is 0.504. The van der Waals surface area contributed by atoms with Gasteiger partial charge >= 0.3 is 5.69 Å². The van der Waals surface area contributed by atoms with Gasteiger partial charge in [-0.3, -0.25) is 24.5 Å². The highest BCUT2D eigenvalue weighted by Crippen LogP contribution is 2.45. The molecule has 0 bridgehead atoms. The Morgan fingerprint density at radius 2 is 1.96 bits per heavy atom. The van der Waals surface area contributed by atoms with Gasteiger partial charge in [0.1, 0.15) is 6.10 Å². The van der Waals surface area contributed by atoms with Crippen LogP contribution in [0.5, 0.6) is 0 Å². The largest absolute Gasteiger partial charge is 0.394 e. The number of aromatic nitrogens is 2. The maximum Gasteiger partial charge on any atom is 0.330 e. The number of nitro groups is 1. The zero-order valence-corrected chi connectivity index (χ0v) is 15.3. The van der Waals surface area contributed by atoms with Crippen LogP contribution in [0.25, 0.3) is 0 Å². The molecule has 0 aliphatic carbocycles. The highest BCUT2D eigenvalue weighted by molar-refractivity contribution is 8.77. The van der Waals surface area contributed by atoms with Crippen LogP contribution >= 0.6 is 21.6 Å². The molecule has 4 atom stereocenters. The van der Waals surface area contributed by atoms with E-state index in [0.717, 1.165) is 10.6 Å². The lowest BCUT2D eigenvalue weighted by molar-refractivity contribution is -0.384. The van der Waals surface area contributed by atoms with Crippen LogP contribution in [-0.2, 0) is 4.74 Å². The van der Waals surface area contributed by atoms with Gasteiger partial charge in [-0.25, -0.2) is 4.79 Å². The molecule has 3 rings (SSSR count). The predicted molar refractivity (Wildman–Crippen MR) is 98.7 cm³/mol. The van der Waals surface area contributed by atoms with Crippen LogP contribution in [0.3, 0.4) is 0 Å². The zero-order valence-electron chi connectivity index (χ0n) is 13.6. The Labute approximate surface area is 159 Å². The van der Waals surface area contributed by atoms with Crippen LogP contribution < -0.4 is 11.2 Å². The number of aromatic amines is 1. The Kier molecular flexibility index (Phi) is 6.01. The van der Waals surface area contributed by atoms with Gasteiger partial charge in [0.15, 0.2) is 6.23 Å². The molecule has 0 saturated carbocycles. The fraction of sp³-hybridized carbons (Fsp3) is 0.333. The first-order chi connectivity index (χ1) is 12.9. The molecule has 2 heterocycles. The maximum absolute atomic E-state index is 12.1. The molecular formula is C15H15N3O7S2. The topological polar surface area (TPSA) is 148 Å². The summed E-state index contributed by atoms with van der Waals surface area (Å²) in [5.74, 6) is 0. The molecule has 1 unspecified atom stereocenters. The molecule has 1 aromatic carbocycles. The van der Waals surface area contributed by atoms with Crippen molar-refractivity contribution < 1.29 is 19.9 Å². The number of nitrogens with zero attached hydrogens (tertiary/aromatic N) is 2. The number of H-pyrrole nitrogens is 1. The van der Waals surface area contributed by atoms with Crippen molar-refractivity contribution in [2.24, 2.45) is 0 Å². The molecule has 27 heavy (non-hydrogen) atoms. The van der Waals surface area contributed by atoms with Gasteiger partial charge in [-0.05, 0) is 12.1 Å². The van der Waals surface area contributed by atoms with Gasteiger partial charge in [0.2, 0.25) is 0 Å². The quantitative estimate of drug-likeness (QED) is 0.350. The fourth-order valence-corrected chi connectivity index (χ4v) is 5.23. The second kappa shape index (κ2) is 8.27. The number of hydrogen-bond acceptors (Lipinski definition) is 9. The molecule has 2 aromatic rings. The van der Waals surface area contributed by atoms with Gasteiger partial charge in [0.05, 0.1) is 22.9 Å². The van der Waals surface area contributed by atoms with Crippen molar-refractivity contribution >= 4 is 27.3 Å². The second-order valence-electron chi connectivity index (χ2n) is 5.65. The summed E-state index contributed by atoms with van der Waals surface area (Å²) in [5.41, 5.74) is -1.28. The second-order valence-corrected chi connectivity index (χ2v) is 8.10. The van der Waals surface area contributed by atoms with E-state index >= 15 is 0 Å². The lowest BCUT2D eigenvalue weighted by atomic mass is 10.2. The summed E-state index contributed by atoms with van der Waals surface area (Å²) < 4.78 is 6.75. The molecule has 1 aliphatic heterocycles. The molecule has 1 fully saturated rings. The van der Waals surface area contributed by atoms with Gasteiger partial charge in [-0.1, -0.05) is 21.6 Å². The Balaban J connectivity index is 1.80. The summed E-state index contributed by atoms with van der Waals surface area (Å²) in [6.45, 7) is -0.435. The zero-order chi connectivity index (χ0) is 19.6. The van der Waals surface area contributed by atoms with Gasteiger partial charge in [0.25, 0.3) is 11.2 Å². The number of benzene rings is 1. The maximum atomic E-state index is 12.1. The molecule has 10 nitrogen and oxygen atoms in total. The van der Waals surface area contributed by atoms with Gasteiger partial charge in [-0.2, -0.15) is 0 Å². The highest BCUT2D eigenvalue weighted by atomic mass is 33.1. The van der Waals surface area contributed by atoms with E-state index in [1.807, 2.05) is 0 Å². The summed E-state index contributed by atoms with van der Waals surface area (Å²) in [6.07, 6.45) is -1.59. The van der Waals surface area contributed by atoms with Gasteiger partial charge in [-0.15, -0.1) is 0 Å². The first-order valence-corrected chi connectivity index (χ1v) is 9.95. The van der Waals surface area contributed by atoms with Crippen molar-refractivity contribution in [2.75, 3.05) is 6.61 Å². The lowest BCUT2D eigenvalue weighted by Crippen LogP contribution is -2.36. The number of nitro benzene ring substituents is 1. The highest BCUT2D eigenvalue weighted by Gasteiger charge is 2.45. The summed E-state index contributed by atoms with van der Waals surface area (Å²) in [5, 5.41) is 29.9. The van der Waals surface area contributed by atoms with Crippen LogP contribution in [-0.4, -0.2) is 48.8 Å². The van der Waals surface area contributed by atoms with Crippen LogP contribution in [0.15, 0.2) is 51.0 Å². The SMILES string of the molecule is O=c1ccn([C@@H]2O[C@H](CO)[C@@H](O)C2SSc2ccc([N+](=O)[O-])cc2)c(=O)[nH]1. The van der Waals surface area contributed by atoms with Crippen molar-refractivity contribution in [1.29, 1.82) is 0 Å². The van der Waals surface area contributed by atoms with E-state index in [1.54, 1.807) is 12.1 Å². The average molecular weight is 413 g/mol. The average Bonchev–Trinajstić information content (AvgIpc) is 2.96. The third kappa shape index (κ3) is 4.25. The number of aliphatic hydroxyl groups is 2. The van der Waals surface area contributed by atoms with Crippen LogP contribution in [0.1, 0.15) is 6.23 Å². The minimum Gasteiger partial charge on any atom is -0.394 e. The van der Waals surface area contributed by atoms with E-state index in [1.165, 1.54) is 39.9 Å². The van der Waals surface area contributed by atoms with Crippen LogP contribution in [0.4, 0.5) is 5.69 Å². The molecule has 12 heteroatoms. The summed E-state index contributed by atoms with van der Waals surface area (Å²) in [6, 6.07) is 7.04. The van der Waals surface area contributed by atoms with Crippen molar-refractivity contribution in [2.45, 2.75) is 28.6 Å². The Morgan fingerprint density at radius 3 is 2.56 bits per heavy atom. The number of nitrogens with one attached hydrogen (secondary N) is 1. The van der Waals surface area contributed by atoms with Crippen molar-refractivity contribution in [3.05, 3.63) is 67.5 Å². The molecule has 0 radical (unpaired) electrons. The molecule has 0 amide bonds. The summed E-state index contributed by atoms with van der Waals surface area (Å²) in [7, 11) is 2.45. The third-order valence-electron chi connectivity index (χ3n) is 3.92. The third-order valence-corrected chi connectivity index (χ3v) is 6.75. The van der Waals surface area contributed by atoms with Crippen LogP contribution in [0, 0.1) is 10.1 Å². The molecule has 144 valence electrons. The minimum atomic E-state index is -1.06. The monoisotopic (exact) mass is 413 g/mol.